The second kappa shape index (κ2) is 8.14. The maximum absolute atomic E-state index is 15.2. The van der Waals surface area contributed by atoms with Crippen LogP contribution in [0.25, 0.3) is 32.9 Å². The molecular weight excluding hydrogens is 444 g/mol. The summed E-state index contributed by atoms with van der Waals surface area (Å²) in [6.07, 6.45) is 5.41. The summed E-state index contributed by atoms with van der Waals surface area (Å²) < 4.78 is 37.8. The van der Waals surface area contributed by atoms with Crippen molar-refractivity contribution in [2.45, 2.75) is 6.54 Å². The summed E-state index contributed by atoms with van der Waals surface area (Å²) in [6, 6.07) is 7.77. The van der Waals surface area contributed by atoms with E-state index in [0.717, 1.165) is 9.95 Å². The van der Waals surface area contributed by atoms with Gasteiger partial charge in [-0.15, -0.1) is 0 Å². The minimum absolute atomic E-state index is 0.0137. The average Bonchev–Trinajstić information content (AvgIpc) is 3.22. The first-order valence-corrected chi connectivity index (χ1v) is 10.2. The molecule has 2 aromatic carbocycles. The van der Waals surface area contributed by atoms with E-state index in [4.69, 9.17) is 4.74 Å². The molecule has 0 bridgehead atoms. The molecule has 0 aliphatic rings. The number of carbonyl (C=O) groups excluding carboxylic acids is 1. The maximum atomic E-state index is 15.2. The molecule has 0 unspecified atom stereocenters. The Balaban J connectivity index is 1.62. The third kappa shape index (κ3) is 3.49. The molecular formula is C24H17F2N5O3. The number of ether oxygens (including phenoxy) is 1. The first-order chi connectivity index (χ1) is 16.4. The molecule has 0 N–H and O–H groups in total. The van der Waals surface area contributed by atoms with Gasteiger partial charge >= 0.3 is 5.97 Å². The summed E-state index contributed by atoms with van der Waals surface area (Å²) in [7, 11) is 2.95. The monoisotopic (exact) mass is 461 g/mol. The molecule has 3 aromatic heterocycles. The summed E-state index contributed by atoms with van der Waals surface area (Å²) >= 11 is 0. The molecule has 0 aliphatic heterocycles. The molecule has 0 radical (unpaired) electrons. The van der Waals surface area contributed by atoms with Crippen molar-refractivity contribution in [3.8, 4) is 11.1 Å². The van der Waals surface area contributed by atoms with Crippen molar-refractivity contribution in [2.24, 2.45) is 7.05 Å². The maximum Gasteiger partial charge on any atom is 0.341 e. The summed E-state index contributed by atoms with van der Waals surface area (Å²) in [6.45, 7) is -0.442. The van der Waals surface area contributed by atoms with E-state index in [1.807, 2.05) is 6.07 Å². The van der Waals surface area contributed by atoms with Crippen molar-refractivity contribution in [3.05, 3.63) is 88.4 Å². The van der Waals surface area contributed by atoms with Crippen LogP contribution < -0.4 is 5.56 Å². The molecule has 0 spiro atoms. The fraction of sp³-hybridized carbons (Fsp3) is 0.125. The fourth-order valence-electron chi connectivity index (χ4n) is 4.00. The van der Waals surface area contributed by atoms with Crippen LogP contribution in [0.15, 0.2) is 60.0 Å². The van der Waals surface area contributed by atoms with Gasteiger partial charge in [-0.25, -0.2) is 23.5 Å². The van der Waals surface area contributed by atoms with Crippen LogP contribution in [0.4, 0.5) is 8.78 Å². The third-order valence-corrected chi connectivity index (χ3v) is 5.59. The molecule has 34 heavy (non-hydrogen) atoms. The van der Waals surface area contributed by atoms with E-state index in [1.165, 1.54) is 38.0 Å². The van der Waals surface area contributed by atoms with Crippen molar-refractivity contribution in [2.75, 3.05) is 7.11 Å². The van der Waals surface area contributed by atoms with Crippen molar-refractivity contribution in [3.63, 3.8) is 0 Å². The molecule has 10 heteroatoms. The number of nitrogens with zero attached hydrogens (tertiary/aromatic N) is 5. The minimum atomic E-state index is -0.827. The number of esters is 1. The van der Waals surface area contributed by atoms with Crippen LogP contribution in [-0.4, -0.2) is 37.4 Å². The lowest BCUT2D eigenvalue weighted by Crippen LogP contribution is -2.24. The van der Waals surface area contributed by atoms with Gasteiger partial charge in [-0.3, -0.25) is 9.48 Å². The van der Waals surface area contributed by atoms with Crippen LogP contribution in [0.3, 0.4) is 0 Å². The number of methoxy groups -OCH3 is 1. The Morgan fingerprint density at radius 2 is 1.88 bits per heavy atom. The second-order valence-corrected chi connectivity index (χ2v) is 7.71. The number of benzene rings is 2. The van der Waals surface area contributed by atoms with Crippen LogP contribution >= 0.6 is 0 Å². The average molecular weight is 461 g/mol. The second-order valence-electron chi connectivity index (χ2n) is 7.71. The molecule has 0 fully saturated rings. The van der Waals surface area contributed by atoms with Crippen molar-refractivity contribution in [1.82, 2.24) is 24.3 Å². The zero-order valence-corrected chi connectivity index (χ0v) is 18.1. The largest absolute Gasteiger partial charge is 0.465 e. The van der Waals surface area contributed by atoms with Gasteiger partial charge in [0.05, 0.1) is 30.1 Å². The first kappa shape index (κ1) is 21.4. The van der Waals surface area contributed by atoms with Gasteiger partial charge in [-0.1, -0.05) is 12.1 Å². The van der Waals surface area contributed by atoms with Gasteiger partial charge in [0.25, 0.3) is 5.56 Å². The number of hydrogen-bond donors (Lipinski definition) is 0. The standard InChI is InChI=1S/C24H17F2N5O3/c1-30-9-16-14(4-3-5-21(16)29-30)13-6-19(25)17(20(26)7-13)10-31-11-18(24(33)34-2)22-15(23(31)32)8-27-12-28-22/h3-9,11-12H,10H2,1-2H3. The molecule has 5 aromatic rings. The predicted molar refractivity (Wildman–Crippen MR) is 120 cm³/mol. The highest BCUT2D eigenvalue weighted by Gasteiger charge is 2.20. The fourth-order valence-corrected chi connectivity index (χ4v) is 4.00. The summed E-state index contributed by atoms with van der Waals surface area (Å²) in [5.41, 5.74) is 0.839. The number of pyridine rings is 1. The molecule has 3 heterocycles. The molecule has 0 aliphatic carbocycles. The van der Waals surface area contributed by atoms with Crippen molar-refractivity contribution < 1.29 is 18.3 Å². The smallest absolute Gasteiger partial charge is 0.341 e. The number of rotatable bonds is 4. The summed E-state index contributed by atoms with van der Waals surface area (Å²) in [4.78, 5) is 33.0. The Hall–Kier alpha value is -4.47. The minimum Gasteiger partial charge on any atom is -0.465 e. The normalized spacial score (nSPS) is 11.3. The van der Waals surface area contributed by atoms with E-state index < -0.39 is 29.7 Å². The zero-order valence-electron chi connectivity index (χ0n) is 18.1. The SMILES string of the molecule is COC(=O)c1cn(Cc2c(F)cc(-c3cccc4nn(C)cc34)cc2F)c(=O)c2cncnc12. The summed E-state index contributed by atoms with van der Waals surface area (Å²) in [5, 5.41) is 5.11. The van der Waals surface area contributed by atoms with Gasteiger partial charge in [0.15, 0.2) is 0 Å². The number of fused-ring (bicyclic) bond motifs is 2. The van der Waals surface area contributed by atoms with Crippen molar-refractivity contribution in [1.29, 1.82) is 0 Å². The number of aromatic nitrogens is 5. The zero-order chi connectivity index (χ0) is 24.0. The molecule has 8 nitrogen and oxygen atoms in total. The number of halogens is 2. The Bertz CT molecular complexity index is 1640. The topological polar surface area (TPSA) is 91.9 Å². The van der Waals surface area contributed by atoms with Crippen LogP contribution in [-0.2, 0) is 18.3 Å². The van der Waals surface area contributed by atoms with Crippen LogP contribution in [0, 0.1) is 11.6 Å². The first-order valence-electron chi connectivity index (χ1n) is 10.2. The van der Waals surface area contributed by atoms with Gasteiger partial charge in [0, 0.05) is 36.6 Å². The molecule has 0 saturated carbocycles. The lowest BCUT2D eigenvalue weighted by atomic mass is 9.99. The Labute approximate surface area is 191 Å². The molecule has 170 valence electrons. The van der Waals surface area contributed by atoms with E-state index >= 15 is 8.78 Å². The number of aryl methyl sites for hydroxylation is 1. The predicted octanol–water partition coefficient (Wildman–Crippen LogP) is 3.46. The van der Waals surface area contributed by atoms with E-state index in [2.05, 4.69) is 15.1 Å². The Morgan fingerprint density at radius 3 is 2.62 bits per heavy atom. The van der Waals surface area contributed by atoms with Crippen molar-refractivity contribution >= 4 is 27.8 Å². The highest BCUT2D eigenvalue weighted by molar-refractivity contribution is 6.01. The van der Waals surface area contributed by atoms with Gasteiger partial charge in [-0.05, 0) is 29.3 Å². The lowest BCUT2D eigenvalue weighted by Gasteiger charge is -2.13. The van der Waals surface area contributed by atoms with E-state index in [0.29, 0.717) is 16.6 Å². The number of carbonyl (C=O) groups is 1. The third-order valence-electron chi connectivity index (χ3n) is 5.59. The van der Waals surface area contributed by atoms with E-state index in [1.54, 1.807) is 30.1 Å². The highest BCUT2D eigenvalue weighted by atomic mass is 19.1. The number of hydrogen-bond acceptors (Lipinski definition) is 6. The van der Waals surface area contributed by atoms with Gasteiger partial charge < -0.3 is 9.30 Å². The van der Waals surface area contributed by atoms with Gasteiger partial charge in [0.2, 0.25) is 0 Å². The lowest BCUT2D eigenvalue weighted by molar-refractivity contribution is 0.0601. The molecule has 5 rings (SSSR count). The van der Waals surface area contributed by atoms with Crippen LogP contribution in [0.2, 0.25) is 0 Å². The molecule has 0 atom stereocenters. The van der Waals surface area contributed by atoms with Gasteiger partial charge in [0.1, 0.15) is 23.5 Å². The van der Waals surface area contributed by atoms with Crippen LogP contribution in [0.1, 0.15) is 15.9 Å². The van der Waals surface area contributed by atoms with Gasteiger partial charge in [-0.2, -0.15) is 5.10 Å². The van der Waals surface area contributed by atoms with E-state index in [-0.39, 0.29) is 22.0 Å². The molecule has 0 saturated heterocycles. The Kier molecular flexibility index (Phi) is 5.12. The Morgan fingerprint density at radius 1 is 1.12 bits per heavy atom. The summed E-state index contributed by atoms with van der Waals surface area (Å²) in [5.74, 6) is -2.39. The quantitative estimate of drug-likeness (QED) is 0.381. The molecule has 0 amide bonds. The highest BCUT2D eigenvalue weighted by Crippen LogP contribution is 2.30. The van der Waals surface area contributed by atoms with E-state index in [9.17, 15) is 9.59 Å². The van der Waals surface area contributed by atoms with Crippen LogP contribution in [0.5, 0.6) is 0 Å².